The molecule has 3 N–H and O–H groups in total. The van der Waals surface area contributed by atoms with Crippen LogP contribution < -0.4 is 5.73 Å². The van der Waals surface area contributed by atoms with Gasteiger partial charge in [0.2, 0.25) is 0 Å². The molecule has 0 aromatic heterocycles. The van der Waals surface area contributed by atoms with Gasteiger partial charge in [0, 0.05) is 16.7 Å². The highest BCUT2D eigenvalue weighted by Crippen LogP contribution is 2.71. The number of hydrogen-bond acceptors (Lipinski definition) is 2. The van der Waals surface area contributed by atoms with Gasteiger partial charge in [-0.05, 0) is 119 Å². The van der Waals surface area contributed by atoms with Crippen molar-refractivity contribution in [1.82, 2.24) is 0 Å². The van der Waals surface area contributed by atoms with Gasteiger partial charge in [0.25, 0.3) is 0 Å². The number of nitrogens with two attached hydrogens (primary N) is 1. The molecule has 4 atom stereocenters. The number of benzene rings is 3. The first kappa shape index (κ1) is 29.3. The molecule has 0 amide bonds. The molecule has 2 heteroatoms. The van der Waals surface area contributed by atoms with Crippen LogP contribution in [0.2, 0.25) is 0 Å². The standard InChI is InChI=1S/C41H47NO/c1-11-28-18-20-31(30-16-14-13-15-29(28)30)32-19-17-23(3)35-25(5)37-38(43)41(10)26(6)36(27(7)42)24(4)34(12-2)40(41,9)22-39(37,8)21-33(32)35/h13-20,34,43H,5-7,11-12,21-22,42H2,1-4,8-10H3/t34-,39+,40+,41+/m1/s1. The highest BCUT2D eigenvalue weighted by molar-refractivity contribution is 6.01. The summed E-state index contributed by atoms with van der Waals surface area (Å²) >= 11 is 0. The average molecular weight is 570 g/mol. The van der Waals surface area contributed by atoms with E-state index in [1.165, 1.54) is 49.7 Å². The lowest BCUT2D eigenvalue weighted by Gasteiger charge is -2.63. The van der Waals surface area contributed by atoms with E-state index in [0.717, 1.165) is 48.0 Å². The van der Waals surface area contributed by atoms with Gasteiger partial charge in [-0.3, -0.25) is 0 Å². The minimum absolute atomic E-state index is 0.232. The van der Waals surface area contributed by atoms with Crippen LogP contribution in [0.4, 0.5) is 0 Å². The summed E-state index contributed by atoms with van der Waals surface area (Å²) in [5, 5.41) is 15.2. The fourth-order valence-corrected chi connectivity index (χ4v) is 9.88. The smallest absolute Gasteiger partial charge is 0.107 e. The first-order valence-electron chi connectivity index (χ1n) is 15.9. The monoisotopic (exact) mass is 569 g/mol. The van der Waals surface area contributed by atoms with Crippen LogP contribution in [0.15, 0.2) is 102 Å². The Morgan fingerprint density at radius 1 is 0.953 bits per heavy atom. The summed E-state index contributed by atoms with van der Waals surface area (Å²) in [5.41, 5.74) is 18.3. The van der Waals surface area contributed by atoms with Gasteiger partial charge in [0.15, 0.2) is 0 Å². The quantitative estimate of drug-likeness (QED) is 0.328. The lowest BCUT2D eigenvalue weighted by Crippen LogP contribution is -2.56. The fraction of sp³-hybridized carbons (Fsp3) is 0.366. The number of allylic oxidation sites excluding steroid dienone is 5. The molecule has 6 rings (SSSR count). The molecular weight excluding hydrogens is 522 g/mol. The number of aliphatic hydroxyl groups excluding tert-OH is 1. The van der Waals surface area contributed by atoms with Crippen molar-refractivity contribution in [3.05, 3.63) is 124 Å². The van der Waals surface area contributed by atoms with Crippen LogP contribution in [0.3, 0.4) is 0 Å². The van der Waals surface area contributed by atoms with E-state index in [2.05, 4.69) is 110 Å². The van der Waals surface area contributed by atoms with Crippen molar-refractivity contribution in [1.29, 1.82) is 0 Å². The third kappa shape index (κ3) is 3.65. The first-order chi connectivity index (χ1) is 20.3. The second kappa shape index (κ2) is 9.61. The lowest BCUT2D eigenvalue weighted by atomic mass is 9.40. The summed E-state index contributed by atoms with van der Waals surface area (Å²) in [5.74, 6) is 0.646. The number of hydrogen-bond donors (Lipinski definition) is 2. The van der Waals surface area contributed by atoms with E-state index in [4.69, 9.17) is 12.3 Å². The maximum Gasteiger partial charge on any atom is 0.107 e. The van der Waals surface area contributed by atoms with Crippen molar-refractivity contribution in [3.63, 3.8) is 0 Å². The summed E-state index contributed by atoms with van der Waals surface area (Å²) in [6.45, 7) is 29.2. The predicted octanol–water partition coefficient (Wildman–Crippen LogP) is 10.6. The van der Waals surface area contributed by atoms with E-state index >= 15 is 0 Å². The Hall–Kier alpha value is -3.78. The number of aliphatic hydroxyl groups is 1. The van der Waals surface area contributed by atoms with Crippen molar-refractivity contribution in [2.24, 2.45) is 27.9 Å². The minimum atomic E-state index is -0.683. The van der Waals surface area contributed by atoms with Gasteiger partial charge in [-0.15, -0.1) is 0 Å². The van der Waals surface area contributed by atoms with Crippen molar-refractivity contribution in [3.8, 4) is 11.1 Å². The molecule has 0 unspecified atom stereocenters. The molecule has 0 fully saturated rings. The topological polar surface area (TPSA) is 46.2 Å². The van der Waals surface area contributed by atoms with Gasteiger partial charge in [-0.1, -0.05) is 102 Å². The van der Waals surface area contributed by atoms with Crippen LogP contribution in [-0.4, -0.2) is 5.11 Å². The van der Waals surface area contributed by atoms with Gasteiger partial charge in [0.1, 0.15) is 5.76 Å². The van der Waals surface area contributed by atoms with E-state index in [1.807, 2.05) is 0 Å². The van der Waals surface area contributed by atoms with Crippen LogP contribution in [-0.2, 0) is 12.8 Å². The van der Waals surface area contributed by atoms with E-state index in [1.54, 1.807) is 0 Å². The first-order valence-corrected chi connectivity index (χ1v) is 15.9. The minimum Gasteiger partial charge on any atom is -0.511 e. The molecule has 0 saturated carbocycles. The molecule has 2 nitrogen and oxygen atoms in total. The van der Waals surface area contributed by atoms with Gasteiger partial charge in [-0.2, -0.15) is 0 Å². The molecule has 0 aliphatic heterocycles. The Bertz CT molecular complexity index is 1830. The Balaban J connectivity index is 1.63. The number of rotatable bonds is 4. The second-order valence-corrected chi connectivity index (χ2v) is 14.1. The van der Waals surface area contributed by atoms with E-state index in [9.17, 15) is 5.11 Å². The molecule has 0 radical (unpaired) electrons. The Morgan fingerprint density at radius 2 is 1.60 bits per heavy atom. The Morgan fingerprint density at radius 3 is 2.23 bits per heavy atom. The van der Waals surface area contributed by atoms with Crippen molar-refractivity contribution in [2.45, 2.75) is 74.1 Å². The molecule has 0 spiro atoms. The molecule has 3 aromatic carbocycles. The average Bonchev–Trinajstić information content (AvgIpc) is 2.95. The van der Waals surface area contributed by atoms with Crippen LogP contribution in [0.1, 0.15) is 76.6 Å². The summed E-state index contributed by atoms with van der Waals surface area (Å²) in [4.78, 5) is 0. The molecule has 0 bridgehead atoms. The maximum atomic E-state index is 12.6. The van der Waals surface area contributed by atoms with Gasteiger partial charge >= 0.3 is 0 Å². The lowest BCUT2D eigenvalue weighted by molar-refractivity contribution is -0.0228. The zero-order chi connectivity index (χ0) is 31.2. The molecule has 222 valence electrons. The summed E-state index contributed by atoms with van der Waals surface area (Å²) < 4.78 is 0. The van der Waals surface area contributed by atoms with Crippen molar-refractivity contribution in [2.75, 3.05) is 0 Å². The van der Waals surface area contributed by atoms with Crippen LogP contribution >= 0.6 is 0 Å². The predicted molar refractivity (Wildman–Crippen MR) is 184 cm³/mol. The maximum absolute atomic E-state index is 12.6. The Kier molecular flexibility index (Phi) is 6.55. The SMILES string of the molecule is C=C(N)C1=C(C)[C@@H](CC)[C@]2(C)C[C@]3(C)Cc4c(-c5ccc(CC)c6ccccc56)ccc(C)c4C(=C)C3=C(O)[C@]2(C)C1=C. The normalized spacial score (nSPS) is 28.6. The molecule has 3 aromatic rings. The van der Waals surface area contributed by atoms with E-state index in [0.29, 0.717) is 11.5 Å². The van der Waals surface area contributed by atoms with Crippen LogP contribution in [0, 0.1) is 29.1 Å². The Labute approximate surface area is 258 Å². The molecule has 43 heavy (non-hydrogen) atoms. The third-order valence-corrected chi connectivity index (χ3v) is 11.9. The zero-order valence-electron chi connectivity index (χ0n) is 27.2. The molecule has 0 heterocycles. The summed E-state index contributed by atoms with van der Waals surface area (Å²) in [6, 6.07) is 17.9. The highest BCUT2D eigenvalue weighted by Gasteiger charge is 2.64. The van der Waals surface area contributed by atoms with Crippen LogP contribution in [0.5, 0.6) is 0 Å². The zero-order valence-corrected chi connectivity index (χ0v) is 27.2. The van der Waals surface area contributed by atoms with Gasteiger partial charge < -0.3 is 10.8 Å². The molecule has 3 aliphatic rings. The van der Waals surface area contributed by atoms with Gasteiger partial charge in [0.05, 0.1) is 5.41 Å². The molecule has 3 aliphatic carbocycles. The van der Waals surface area contributed by atoms with Crippen molar-refractivity contribution >= 4 is 16.3 Å². The molecule has 0 saturated heterocycles. The summed E-state index contributed by atoms with van der Waals surface area (Å²) in [7, 11) is 0. The molecular formula is C41H47NO. The highest BCUT2D eigenvalue weighted by atomic mass is 16.3. The summed E-state index contributed by atoms with van der Waals surface area (Å²) in [6.07, 6.45) is 3.72. The number of aryl methyl sites for hydroxylation is 2. The van der Waals surface area contributed by atoms with E-state index in [-0.39, 0.29) is 16.7 Å². The fourth-order valence-electron chi connectivity index (χ4n) is 9.88. The van der Waals surface area contributed by atoms with Crippen LogP contribution in [0.25, 0.3) is 27.5 Å². The second-order valence-electron chi connectivity index (χ2n) is 14.1. The van der Waals surface area contributed by atoms with Gasteiger partial charge in [-0.25, -0.2) is 0 Å². The van der Waals surface area contributed by atoms with E-state index < -0.39 is 5.41 Å². The largest absolute Gasteiger partial charge is 0.511 e. The third-order valence-electron chi connectivity index (χ3n) is 11.9. The van der Waals surface area contributed by atoms with Crippen molar-refractivity contribution < 1.29 is 5.11 Å². The number of fused-ring (bicyclic) bond motifs is 4.